The van der Waals surface area contributed by atoms with Gasteiger partial charge in [-0.2, -0.15) is 0 Å². The van der Waals surface area contributed by atoms with Gasteiger partial charge >= 0.3 is 0 Å². The first kappa shape index (κ1) is 20.9. The minimum atomic E-state index is -1.13. The quantitative estimate of drug-likeness (QED) is 0.642. The van der Waals surface area contributed by atoms with E-state index in [4.69, 9.17) is 11.6 Å². The van der Waals surface area contributed by atoms with Crippen molar-refractivity contribution >= 4 is 40.2 Å². The minimum absolute atomic E-state index is 0.194. The number of halogens is 1. The average Bonchev–Trinajstić information content (AvgIpc) is 3.13. The first-order valence-corrected chi connectivity index (χ1v) is 10.3. The lowest BCUT2D eigenvalue weighted by atomic mass is 9.95. The van der Waals surface area contributed by atoms with Crippen LogP contribution in [-0.2, 0) is 22.7 Å². The molecule has 0 bridgehead atoms. The van der Waals surface area contributed by atoms with Crippen LogP contribution in [0, 0.1) is 0 Å². The number of nitrogens with zero attached hydrogens (tertiary/aromatic N) is 2. The maximum Gasteiger partial charge on any atom is 0.271 e. The van der Waals surface area contributed by atoms with Gasteiger partial charge in [-0.05, 0) is 30.7 Å². The lowest BCUT2D eigenvalue weighted by Crippen LogP contribution is -2.63. The van der Waals surface area contributed by atoms with Gasteiger partial charge in [0.2, 0.25) is 11.8 Å². The summed E-state index contributed by atoms with van der Waals surface area (Å²) in [5, 5.41) is 6.93. The molecule has 160 valence electrons. The Bertz CT molecular complexity index is 1190. The summed E-state index contributed by atoms with van der Waals surface area (Å²) in [6.07, 6.45) is 0. The van der Waals surface area contributed by atoms with Crippen molar-refractivity contribution in [3.8, 4) is 0 Å². The maximum atomic E-state index is 13.1. The number of carbonyl (C=O) groups is 3. The fraction of sp³-hybridized carbons (Fsp3) is 0.261. The molecule has 3 aromatic rings. The summed E-state index contributed by atoms with van der Waals surface area (Å²) in [6, 6.07) is 16.8. The molecule has 0 saturated carbocycles. The van der Waals surface area contributed by atoms with E-state index in [1.54, 1.807) is 20.0 Å². The topological polar surface area (TPSA) is 83.4 Å². The monoisotopic (exact) mass is 438 g/mol. The highest BCUT2D eigenvalue weighted by molar-refractivity contribution is 6.31. The van der Waals surface area contributed by atoms with Gasteiger partial charge < -0.3 is 20.1 Å². The summed E-state index contributed by atoms with van der Waals surface area (Å²) >= 11 is 6.10. The number of aromatic nitrogens is 1. The van der Waals surface area contributed by atoms with Crippen molar-refractivity contribution in [2.75, 3.05) is 13.6 Å². The number of carbonyl (C=O) groups excluding carboxylic acids is 3. The van der Waals surface area contributed by atoms with Gasteiger partial charge in [0.15, 0.2) is 0 Å². The molecule has 1 aromatic heterocycles. The number of fused-ring (bicyclic) bond motifs is 3. The Morgan fingerprint density at radius 3 is 2.58 bits per heavy atom. The van der Waals surface area contributed by atoms with Crippen molar-refractivity contribution in [3.63, 3.8) is 0 Å². The van der Waals surface area contributed by atoms with Crippen LogP contribution >= 0.6 is 11.6 Å². The molecule has 2 N–H and O–H groups in total. The number of hydrogen-bond donors (Lipinski definition) is 2. The zero-order chi connectivity index (χ0) is 22.2. The van der Waals surface area contributed by atoms with Crippen LogP contribution in [0.1, 0.15) is 23.0 Å². The van der Waals surface area contributed by atoms with Gasteiger partial charge in [0.05, 0.1) is 13.1 Å². The van der Waals surface area contributed by atoms with E-state index in [-0.39, 0.29) is 30.8 Å². The number of hydrogen-bond acceptors (Lipinski definition) is 3. The number of amides is 3. The molecule has 31 heavy (non-hydrogen) atoms. The highest BCUT2D eigenvalue weighted by Crippen LogP contribution is 2.31. The van der Waals surface area contributed by atoms with Gasteiger partial charge in [-0.15, -0.1) is 0 Å². The molecular weight excluding hydrogens is 416 g/mol. The van der Waals surface area contributed by atoms with Crippen LogP contribution in [-0.4, -0.2) is 46.3 Å². The molecule has 2 heterocycles. The summed E-state index contributed by atoms with van der Waals surface area (Å²) in [5.41, 5.74) is 1.11. The number of rotatable bonds is 5. The van der Waals surface area contributed by atoms with Gasteiger partial charge in [-0.25, -0.2) is 0 Å². The van der Waals surface area contributed by atoms with E-state index in [0.717, 1.165) is 16.5 Å². The Kier molecular flexibility index (Phi) is 5.45. The molecule has 0 saturated heterocycles. The molecule has 0 fully saturated rings. The fourth-order valence-corrected chi connectivity index (χ4v) is 4.04. The van der Waals surface area contributed by atoms with Crippen LogP contribution in [0.25, 0.3) is 10.9 Å². The highest BCUT2D eigenvalue weighted by atomic mass is 35.5. The second-order valence-electron chi connectivity index (χ2n) is 7.86. The summed E-state index contributed by atoms with van der Waals surface area (Å²) in [6.45, 7) is 2.08. The third-order valence-electron chi connectivity index (χ3n) is 5.87. The Labute approximate surface area is 185 Å². The van der Waals surface area contributed by atoms with Crippen LogP contribution in [0.3, 0.4) is 0 Å². The average molecular weight is 439 g/mol. The van der Waals surface area contributed by atoms with E-state index >= 15 is 0 Å². The summed E-state index contributed by atoms with van der Waals surface area (Å²) in [7, 11) is 1.61. The van der Waals surface area contributed by atoms with E-state index in [9.17, 15) is 14.4 Å². The lowest BCUT2D eigenvalue weighted by Gasteiger charge is -2.41. The molecule has 7 nitrogen and oxygen atoms in total. The molecule has 1 atom stereocenters. The Morgan fingerprint density at radius 1 is 1.10 bits per heavy atom. The Hall–Kier alpha value is -3.32. The Morgan fingerprint density at radius 2 is 1.81 bits per heavy atom. The summed E-state index contributed by atoms with van der Waals surface area (Å²) in [5.74, 6) is -0.961. The van der Waals surface area contributed by atoms with Gasteiger partial charge in [0.1, 0.15) is 11.2 Å². The summed E-state index contributed by atoms with van der Waals surface area (Å²) in [4.78, 5) is 39.7. The number of benzene rings is 2. The van der Waals surface area contributed by atoms with Crippen molar-refractivity contribution in [2.45, 2.75) is 25.6 Å². The smallest absolute Gasteiger partial charge is 0.271 e. The third-order valence-corrected chi connectivity index (χ3v) is 6.24. The minimum Gasteiger partial charge on any atom is -0.350 e. The summed E-state index contributed by atoms with van der Waals surface area (Å²) < 4.78 is 1.87. The second-order valence-corrected chi connectivity index (χ2v) is 8.27. The first-order chi connectivity index (χ1) is 14.8. The lowest BCUT2D eigenvalue weighted by molar-refractivity contribution is -0.134. The van der Waals surface area contributed by atoms with Crippen LogP contribution in [0.5, 0.6) is 0 Å². The van der Waals surface area contributed by atoms with Gasteiger partial charge in [-0.1, -0.05) is 48.0 Å². The molecule has 2 aromatic carbocycles. The molecule has 0 unspecified atom stereocenters. The van der Waals surface area contributed by atoms with Crippen molar-refractivity contribution in [3.05, 3.63) is 70.9 Å². The molecular formula is C23H23ClN4O3. The second kappa shape index (κ2) is 8.07. The van der Waals surface area contributed by atoms with Crippen LogP contribution in [0.4, 0.5) is 0 Å². The molecule has 0 radical (unpaired) electrons. The van der Waals surface area contributed by atoms with Gasteiger partial charge in [-0.3, -0.25) is 14.4 Å². The van der Waals surface area contributed by atoms with Crippen molar-refractivity contribution in [1.29, 1.82) is 0 Å². The van der Waals surface area contributed by atoms with Crippen LogP contribution in [0.15, 0.2) is 54.6 Å². The predicted octanol–water partition coefficient (Wildman–Crippen LogP) is 2.57. The fourth-order valence-electron chi connectivity index (χ4n) is 3.84. The van der Waals surface area contributed by atoms with Crippen LogP contribution in [0.2, 0.25) is 5.02 Å². The van der Waals surface area contributed by atoms with E-state index in [0.29, 0.717) is 17.3 Å². The molecule has 3 amide bonds. The van der Waals surface area contributed by atoms with Gasteiger partial charge in [0.25, 0.3) is 5.91 Å². The normalized spacial score (nSPS) is 18.0. The zero-order valence-electron chi connectivity index (χ0n) is 17.3. The van der Waals surface area contributed by atoms with Crippen LogP contribution < -0.4 is 10.6 Å². The van der Waals surface area contributed by atoms with E-state index in [1.807, 2.05) is 53.1 Å². The largest absolute Gasteiger partial charge is 0.350 e. The third kappa shape index (κ3) is 3.77. The molecule has 0 aliphatic carbocycles. The van der Waals surface area contributed by atoms with E-state index in [2.05, 4.69) is 10.6 Å². The van der Waals surface area contributed by atoms with Crippen molar-refractivity contribution in [2.24, 2.45) is 0 Å². The van der Waals surface area contributed by atoms with Crippen molar-refractivity contribution < 1.29 is 14.4 Å². The standard InChI is InChI=1S/C23H23ClN4O3/c1-23(22(31)26-13-20(29)25-12-16-8-3-5-9-17(16)24)14-28-18-10-6-4-7-15(18)11-19(28)21(30)27(23)2/h3-11H,12-14H2,1-2H3,(H,25,29)(H,26,31)/t23-/m1/s1. The molecule has 1 aliphatic rings. The van der Waals surface area contributed by atoms with E-state index < -0.39 is 5.54 Å². The molecule has 4 rings (SSSR count). The molecule has 8 heteroatoms. The number of nitrogens with one attached hydrogen (secondary N) is 2. The maximum absolute atomic E-state index is 13.1. The molecule has 1 aliphatic heterocycles. The Balaban J connectivity index is 1.44. The SMILES string of the molecule is CN1C(=O)c2cc3ccccc3n2C[C@]1(C)C(=O)NCC(=O)NCc1ccccc1Cl. The predicted molar refractivity (Wildman–Crippen MR) is 119 cm³/mol. The van der Waals surface area contributed by atoms with Gasteiger partial charge in [0, 0.05) is 29.5 Å². The highest BCUT2D eigenvalue weighted by Gasteiger charge is 2.45. The molecule has 0 spiro atoms. The van der Waals surface area contributed by atoms with E-state index in [1.165, 1.54) is 4.90 Å². The first-order valence-electron chi connectivity index (χ1n) is 9.96. The number of para-hydroxylation sites is 1. The van der Waals surface area contributed by atoms with Crippen molar-refractivity contribution in [1.82, 2.24) is 20.1 Å². The zero-order valence-corrected chi connectivity index (χ0v) is 18.1. The number of likely N-dealkylation sites (N-methyl/N-ethyl adjacent to an activating group) is 1.